The minimum atomic E-state index is -4.95. The minimum absolute atomic E-state index is 0.102. The second-order valence-electron chi connectivity index (χ2n) is 25.9. The highest BCUT2D eigenvalue weighted by Crippen LogP contribution is 2.45. The number of carbonyl (C=O) groups excluding carboxylic acids is 4. The van der Waals surface area contributed by atoms with Gasteiger partial charge < -0.3 is 33.8 Å². The monoisotopic (exact) mass is 1300 g/mol. The van der Waals surface area contributed by atoms with E-state index in [1.54, 1.807) is 0 Å². The molecule has 0 amide bonds. The van der Waals surface area contributed by atoms with Crippen LogP contribution >= 0.6 is 15.6 Å². The third-order valence-electron chi connectivity index (χ3n) is 16.0. The van der Waals surface area contributed by atoms with Gasteiger partial charge in [0.25, 0.3) is 0 Å². The van der Waals surface area contributed by atoms with Crippen molar-refractivity contribution < 1.29 is 80.2 Å². The van der Waals surface area contributed by atoms with Gasteiger partial charge in [-0.2, -0.15) is 0 Å². The van der Waals surface area contributed by atoms with Crippen LogP contribution in [0.5, 0.6) is 0 Å². The van der Waals surface area contributed by atoms with Gasteiger partial charge in [-0.3, -0.25) is 37.3 Å². The van der Waals surface area contributed by atoms with Crippen LogP contribution in [-0.2, 0) is 65.4 Å². The van der Waals surface area contributed by atoms with Gasteiger partial charge in [-0.1, -0.05) is 298 Å². The Labute approximate surface area is 537 Å². The number of hydrogen-bond donors (Lipinski definition) is 3. The third kappa shape index (κ3) is 62.8. The highest BCUT2D eigenvalue weighted by atomic mass is 31.2. The quantitative estimate of drug-likeness (QED) is 0.0222. The Balaban J connectivity index is 5.12. The zero-order chi connectivity index (χ0) is 65.0. The van der Waals surface area contributed by atoms with E-state index in [0.717, 1.165) is 102 Å². The van der Waals surface area contributed by atoms with Crippen molar-refractivity contribution in [1.29, 1.82) is 0 Å². The fourth-order valence-corrected chi connectivity index (χ4v) is 12.0. The van der Waals surface area contributed by atoms with E-state index >= 15 is 0 Å². The van der Waals surface area contributed by atoms with E-state index < -0.39 is 97.5 Å². The molecule has 0 aliphatic heterocycles. The molecule has 0 bridgehead atoms. The first kappa shape index (κ1) is 86.1. The fourth-order valence-electron chi connectivity index (χ4n) is 10.4. The molecule has 0 radical (unpaired) electrons. The van der Waals surface area contributed by atoms with Gasteiger partial charge in [-0.05, 0) is 37.5 Å². The molecule has 0 aliphatic rings. The smallest absolute Gasteiger partial charge is 0.462 e. The molecule has 0 aromatic carbocycles. The summed E-state index contributed by atoms with van der Waals surface area (Å²) in [6, 6.07) is 0. The van der Waals surface area contributed by atoms with Crippen LogP contribution in [0.4, 0.5) is 0 Å². The molecule has 0 fully saturated rings. The Bertz CT molecular complexity index is 1720. The van der Waals surface area contributed by atoms with Gasteiger partial charge >= 0.3 is 39.5 Å². The molecule has 0 saturated heterocycles. The van der Waals surface area contributed by atoms with E-state index in [2.05, 4.69) is 41.5 Å². The highest BCUT2D eigenvalue weighted by Gasteiger charge is 2.30. The Morgan fingerprint density at radius 3 is 0.773 bits per heavy atom. The average molecular weight is 1300 g/mol. The maximum absolute atomic E-state index is 13.0. The van der Waals surface area contributed by atoms with E-state index in [1.165, 1.54) is 161 Å². The van der Waals surface area contributed by atoms with Crippen LogP contribution in [0.15, 0.2) is 0 Å². The van der Waals surface area contributed by atoms with Crippen LogP contribution in [0.2, 0.25) is 0 Å². The lowest BCUT2D eigenvalue weighted by molar-refractivity contribution is -0.161. The predicted octanol–water partition coefficient (Wildman–Crippen LogP) is 19.6. The molecular weight excluding hydrogens is 1160 g/mol. The summed E-state index contributed by atoms with van der Waals surface area (Å²) in [5.74, 6) is -0.644. The van der Waals surface area contributed by atoms with Gasteiger partial charge in [0.05, 0.1) is 26.4 Å². The number of ether oxygens (including phenoxy) is 4. The van der Waals surface area contributed by atoms with Crippen molar-refractivity contribution >= 4 is 39.5 Å². The molecule has 0 aromatic rings. The SMILES string of the molecule is CCCCCCCCCCCCC(=O)OC[C@H](COP(=O)(O)OC[C@@H](O)COP(=O)(O)OC[C@@H](COC(=O)CCCCCCCCCC)OC(=O)CCCCCCCCC(C)C)OC(=O)CCCCCCCCCCCCCCCCCCCCC(C)C. The number of phosphoric ester groups is 2. The molecule has 0 aliphatic carbocycles. The summed E-state index contributed by atoms with van der Waals surface area (Å²) in [5.41, 5.74) is 0. The van der Waals surface area contributed by atoms with Crippen molar-refractivity contribution in [2.45, 2.75) is 368 Å². The highest BCUT2D eigenvalue weighted by molar-refractivity contribution is 7.47. The molecule has 17 nitrogen and oxygen atoms in total. The molecule has 0 saturated carbocycles. The van der Waals surface area contributed by atoms with E-state index in [4.69, 9.17) is 37.0 Å². The van der Waals surface area contributed by atoms with E-state index in [1.807, 2.05) is 0 Å². The first-order chi connectivity index (χ1) is 42.4. The lowest BCUT2D eigenvalue weighted by Gasteiger charge is -2.21. The lowest BCUT2D eigenvalue weighted by Crippen LogP contribution is -2.30. The first-order valence-electron chi connectivity index (χ1n) is 36.0. The molecule has 88 heavy (non-hydrogen) atoms. The number of phosphoric acid groups is 2. The summed E-state index contributed by atoms with van der Waals surface area (Å²) in [5, 5.41) is 10.5. The summed E-state index contributed by atoms with van der Waals surface area (Å²) < 4.78 is 68.1. The van der Waals surface area contributed by atoms with E-state index in [-0.39, 0.29) is 25.7 Å². The first-order valence-corrected chi connectivity index (χ1v) is 39.0. The van der Waals surface area contributed by atoms with E-state index in [9.17, 15) is 43.2 Å². The zero-order valence-electron chi connectivity index (χ0n) is 57.0. The normalized spacial score (nSPS) is 14.2. The number of hydrogen-bond acceptors (Lipinski definition) is 15. The zero-order valence-corrected chi connectivity index (χ0v) is 58.8. The van der Waals surface area contributed by atoms with Crippen molar-refractivity contribution in [3.63, 3.8) is 0 Å². The van der Waals surface area contributed by atoms with Crippen molar-refractivity contribution in [3.05, 3.63) is 0 Å². The summed E-state index contributed by atoms with van der Waals surface area (Å²) in [4.78, 5) is 72.3. The third-order valence-corrected chi connectivity index (χ3v) is 17.9. The number of aliphatic hydroxyl groups excluding tert-OH is 1. The predicted molar refractivity (Wildman–Crippen MR) is 354 cm³/mol. The van der Waals surface area contributed by atoms with Gasteiger partial charge in [-0.25, -0.2) is 9.13 Å². The van der Waals surface area contributed by atoms with Crippen molar-refractivity contribution in [3.8, 4) is 0 Å². The van der Waals surface area contributed by atoms with Gasteiger partial charge in [0.1, 0.15) is 19.3 Å². The summed E-state index contributed by atoms with van der Waals surface area (Å²) in [7, 11) is -9.89. The van der Waals surface area contributed by atoms with Crippen molar-refractivity contribution in [1.82, 2.24) is 0 Å². The van der Waals surface area contributed by atoms with E-state index in [0.29, 0.717) is 31.6 Å². The molecule has 3 N–H and O–H groups in total. The molecule has 0 rings (SSSR count). The van der Waals surface area contributed by atoms with Crippen LogP contribution in [0.25, 0.3) is 0 Å². The standard InChI is InChI=1S/C69H134O17P2/c1-7-9-11-13-15-17-29-33-40-46-52-67(72)80-57-64(85-68(73)53-47-41-34-30-27-25-23-21-19-18-20-22-24-26-28-31-37-43-49-61(3)4)59-83-87(75,76)81-55-63(70)56-82-88(77,78)84-60-65(58-79-66(71)51-45-39-32-16-14-12-10-8-2)86-69(74)54-48-42-36-35-38-44-50-62(5)6/h61-65,70H,7-60H2,1-6H3,(H,75,76)(H,77,78)/t63-,64-,65-/m1/s1. The Kier molecular flexibility index (Phi) is 59.9. The summed E-state index contributed by atoms with van der Waals surface area (Å²) >= 11 is 0. The molecule has 0 heterocycles. The molecule has 19 heteroatoms. The number of unbranched alkanes of at least 4 members (excludes halogenated alkanes) is 38. The van der Waals surface area contributed by atoms with Crippen LogP contribution in [0.3, 0.4) is 0 Å². The summed E-state index contributed by atoms with van der Waals surface area (Å²) in [6.07, 6.45) is 46.2. The molecular formula is C69H134O17P2. The molecule has 522 valence electrons. The Hall–Kier alpha value is -1.94. The van der Waals surface area contributed by atoms with Crippen LogP contribution in [0, 0.1) is 11.8 Å². The number of rotatable bonds is 68. The van der Waals surface area contributed by atoms with Crippen molar-refractivity contribution in [2.75, 3.05) is 39.6 Å². The molecule has 2 unspecified atom stereocenters. The van der Waals surface area contributed by atoms with Gasteiger partial charge in [0.2, 0.25) is 0 Å². The topological polar surface area (TPSA) is 237 Å². The van der Waals surface area contributed by atoms with Gasteiger partial charge in [0.15, 0.2) is 12.2 Å². The van der Waals surface area contributed by atoms with Crippen LogP contribution in [-0.4, -0.2) is 96.7 Å². The molecule has 0 aromatic heterocycles. The maximum Gasteiger partial charge on any atom is 0.472 e. The number of esters is 4. The fraction of sp³-hybridized carbons (Fsp3) is 0.942. The van der Waals surface area contributed by atoms with Gasteiger partial charge in [-0.15, -0.1) is 0 Å². The number of carbonyl (C=O) groups is 4. The van der Waals surface area contributed by atoms with Crippen molar-refractivity contribution in [2.24, 2.45) is 11.8 Å². The lowest BCUT2D eigenvalue weighted by atomic mass is 10.0. The second-order valence-corrected chi connectivity index (χ2v) is 28.8. The largest absolute Gasteiger partial charge is 0.472 e. The minimum Gasteiger partial charge on any atom is -0.462 e. The average Bonchev–Trinajstić information content (AvgIpc) is 3.62. The molecule has 5 atom stereocenters. The second kappa shape index (κ2) is 61.3. The Morgan fingerprint density at radius 1 is 0.307 bits per heavy atom. The Morgan fingerprint density at radius 2 is 0.523 bits per heavy atom. The summed E-state index contributed by atoms with van der Waals surface area (Å²) in [6.45, 7) is 9.44. The van der Waals surface area contributed by atoms with Gasteiger partial charge in [0, 0.05) is 25.7 Å². The molecule has 0 spiro atoms. The number of aliphatic hydroxyl groups is 1. The van der Waals surface area contributed by atoms with Crippen LogP contribution < -0.4 is 0 Å². The van der Waals surface area contributed by atoms with Crippen LogP contribution in [0.1, 0.15) is 350 Å². The maximum atomic E-state index is 13.0.